The number of nitrogens with one attached hydrogen (secondary N) is 1. The third-order valence-corrected chi connectivity index (χ3v) is 5.70. The molecule has 7 heteroatoms. The van der Waals surface area contributed by atoms with Crippen molar-refractivity contribution in [2.24, 2.45) is 0 Å². The molecule has 1 aliphatic heterocycles. The van der Waals surface area contributed by atoms with Crippen LogP contribution in [0.15, 0.2) is 79.1 Å². The smallest absolute Gasteiger partial charge is 0.252 e. The average Bonchev–Trinajstić information content (AvgIpc) is 2.88. The van der Waals surface area contributed by atoms with Crippen molar-refractivity contribution in [2.75, 3.05) is 20.2 Å². The molecule has 0 saturated carbocycles. The normalized spacial score (nSPS) is 14.9. The van der Waals surface area contributed by atoms with Crippen molar-refractivity contribution < 1.29 is 19.1 Å². The minimum Gasteiger partial charge on any atom is -0.497 e. The second-order valence-electron chi connectivity index (χ2n) is 7.88. The first kappa shape index (κ1) is 22.3. The van der Waals surface area contributed by atoms with Gasteiger partial charge in [-0.2, -0.15) is 0 Å². The Labute approximate surface area is 193 Å². The fourth-order valence-corrected chi connectivity index (χ4v) is 3.88. The molecule has 0 radical (unpaired) electrons. The zero-order valence-corrected chi connectivity index (χ0v) is 18.5. The molecule has 0 spiro atoms. The van der Waals surface area contributed by atoms with Gasteiger partial charge in [0, 0.05) is 37.7 Å². The van der Waals surface area contributed by atoms with E-state index in [0.29, 0.717) is 37.2 Å². The Kier molecular flexibility index (Phi) is 7.19. The highest BCUT2D eigenvalue weighted by Crippen LogP contribution is 2.23. The maximum atomic E-state index is 13.5. The van der Waals surface area contributed by atoms with Gasteiger partial charge in [0.15, 0.2) is 0 Å². The minimum atomic E-state index is -0.767. The quantitative estimate of drug-likeness (QED) is 0.601. The van der Waals surface area contributed by atoms with Crippen LogP contribution in [0, 0.1) is 0 Å². The van der Waals surface area contributed by atoms with E-state index in [1.807, 2.05) is 42.5 Å². The Morgan fingerprint density at radius 1 is 0.970 bits per heavy atom. The summed E-state index contributed by atoms with van der Waals surface area (Å²) in [6.07, 6.45) is 4.86. The van der Waals surface area contributed by atoms with Crippen LogP contribution in [0.1, 0.15) is 34.8 Å². The number of nitrogens with zero attached hydrogens (tertiary/aromatic N) is 2. The summed E-state index contributed by atoms with van der Waals surface area (Å²) in [4.78, 5) is 32.3. The lowest BCUT2D eigenvalue weighted by molar-refractivity contribution is -0.135. The van der Waals surface area contributed by atoms with Crippen molar-refractivity contribution in [3.05, 3.63) is 90.3 Å². The van der Waals surface area contributed by atoms with Crippen molar-refractivity contribution in [3.63, 3.8) is 0 Å². The predicted molar refractivity (Wildman–Crippen MR) is 124 cm³/mol. The molecule has 1 N–H and O–H groups in total. The first-order valence-electron chi connectivity index (χ1n) is 11.0. The van der Waals surface area contributed by atoms with Crippen molar-refractivity contribution in [1.82, 2.24) is 15.2 Å². The fourth-order valence-electron chi connectivity index (χ4n) is 3.88. The molecule has 3 aromatic rings. The Balaban J connectivity index is 1.43. The van der Waals surface area contributed by atoms with Gasteiger partial charge in [0.05, 0.1) is 13.3 Å². The summed E-state index contributed by atoms with van der Waals surface area (Å²) in [7, 11) is 1.57. The number of carbonyl (C=O) groups is 2. The molecule has 2 amide bonds. The average molecular weight is 446 g/mol. The Morgan fingerprint density at radius 2 is 1.70 bits per heavy atom. The van der Waals surface area contributed by atoms with Gasteiger partial charge in [-0.15, -0.1) is 0 Å². The number of hydrogen-bond donors (Lipinski definition) is 1. The largest absolute Gasteiger partial charge is 0.497 e. The van der Waals surface area contributed by atoms with Crippen LogP contribution in [0.4, 0.5) is 0 Å². The molecule has 0 unspecified atom stereocenters. The number of methoxy groups -OCH3 is 1. The van der Waals surface area contributed by atoms with Crippen LogP contribution < -0.4 is 14.8 Å². The van der Waals surface area contributed by atoms with Gasteiger partial charge in [0.1, 0.15) is 23.6 Å². The van der Waals surface area contributed by atoms with Crippen LogP contribution in [0.25, 0.3) is 0 Å². The number of piperidine rings is 1. The number of likely N-dealkylation sites (tertiary alicyclic amines) is 1. The molecule has 0 aliphatic carbocycles. The molecular formula is C26H27N3O4. The van der Waals surface area contributed by atoms with Crippen molar-refractivity contribution >= 4 is 11.8 Å². The molecule has 7 nitrogen and oxygen atoms in total. The molecule has 4 rings (SSSR count). The topological polar surface area (TPSA) is 80.8 Å². The van der Waals surface area contributed by atoms with Gasteiger partial charge >= 0.3 is 0 Å². The van der Waals surface area contributed by atoms with Gasteiger partial charge in [0.2, 0.25) is 5.91 Å². The molecule has 170 valence electrons. The van der Waals surface area contributed by atoms with Gasteiger partial charge in [0.25, 0.3) is 5.91 Å². The molecule has 1 saturated heterocycles. The molecule has 0 bridgehead atoms. The van der Waals surface area contributed by atoms with Crippen molar-refractivity contribution in [1.29, 1.82) is 0 Å². The van der Waals surface area contributed by atoms with E-state index in [1.165, 1.54) is 0 Å². The molecule has 1 aliphatic rings. The number of amides is 2. The van der Waals surface area contributed by atoms with Crippen LogP contribution in [0.5, 0.6) is 11.5 Å². The predicted octanol–water partition coefficient (Wildman–Crippen LogP) is 3.63. The van der Waals surface area contributed by atoms with E-state index in [-0.39, 0.29) is 17.9 Å². The van der Waals surface area contributed by atoms with E-state index in [9.17, 15) is 9.59 Å². The lowest BCUT2D eigenvalue weighted by atomic mass is 10.0. The lowest BCUT2D eigenvalue weighted by Crippen LogP contribution is -2.47. The Morgan fingerprint density at radius 3 is 2.33 bits per heavy atom. The van der Waals surface area contributed by atoms with Gasteiger partial charge in [-0.3, -0.25) is 14.6 Å². The summed E-state index contributed by atoms with van der Waals surface area (Å²) in [5, 5.41) is 2.92. The summed E-state index contributed by atoms with van der Waals surface area (Å²) in [6.45, 7) is 1.12. The summed E-state index contributed by atoms with van der Waals surface area (Å²) >= 11 is 0. The van der Waals surface area contributed by atoms with Crippen LogP contribution in [-0.4, -0.2) is 48.0 Å². The summed E-state index contributed by atoms with van der Waals surface area (Å²) in [6, 6.07) is 19.1. The number of ether oxygens (including phenoxy) is 2. The number of hydrogen-bond acceptors (Lipinski definition) is 5. The van der Waals surface area contributed by atoms with Crippen molar-refractivity contribution in [2.45, 2.75) is 25.0 Å². The zero-order valence-electron chi connectivity index (χ0n) is 18.5. The van der Waals surface area contributed by atoms with Crippen LogP contribution in [-0.2, 0) is 4.79 Å². The lowest BCUT2D eigenvalue weighted by Gasteiger charge is -2.34. The molecule has 1 fully saturated rings. The SMILES string of the molecule is COc1ccc(C(=O)N[C@@H](C(=O)N2CCC(Oc3cccnc3)CC2)c2ccccc2)cc1. The monoisotopic (exact) mass is 445 g/mol. The minimum absolute atomic E-state index is 0.0299. The second kappa shape index (κ2) is 10.6. The van der Waals surface area contributed by atoms with Crippen LogP contribution >= 0.6 is 0 Å². The fraction of sp³-hybridized carbons (Fsp3) is 0.269. The number of carbonyl (C=O) groups excluding carboxylic acids is 2. The number of rotatable bonds is 7. The number of benzene rings is 2. The second-order valence-corrected chi connectivity index (χ2v) is 7.88. The molecule has 2 heterocycles. The van der Waals surface area contributed by atoms with Gasteiger partial charge in [-0.1, -0.05) is 30.3 Å². The van der Waals surface area contributed by atoms with Crippen LogP contribution in [0.3, 0.4) is 0 Å². The van der Waals surface area contributed by atoms with E-state index >= 15 is 0 Å². The van der Waals surface area contributed by atoms with E-state index < -0.39 is 6.04 Å². The maximum Gasteiger partial charge on any atom is 0.252 e. The third kappa shape index (κ3) is 5.68. The molecule has 1 aromatic heterocycles. The molecular weight excluding hydrogens is 418 g/mol. The summed E-state index contributed by atoms with van der Waals surface area (Å²) in [5.41, 5.74) is 1.21. The highest BCUT2D eigenvalue weighted by Gasteiger charge is 2.31. The highest BCUT2D eigenvalue weighted by atomic mass is 16.5. The van der Waals surface area contributed by atoms with E-state index in [4.69, 9.17) is 9.47 Å². The van der Waals surface area contributed by atoms with Crippen LogP contribution in [0.2, 0.25) is 0 Å². The van der Waals surface area contributed by atoms with E-state index in [0.717, 1.165) is 11.3 Å². The molecule has 33 heavy (non-hydrogen) atoms. The molecule has 2 aromatic carbocycles. The highest BCUT2D eigenvalue weighted by molar-refractivity contribution is 5.98. The Bertz CT molecular complexity index is 1050. The first-order valence-corrected chi connectivity index (χ1v) is 11.0. The number of pyridine rings is 1. The van der Waals surface area contributed by atoms with E-state index in [2.05, 4.69) is 10.3 Å². The van der Waals surface area contributed by atoms with Gasteiger partial charge < -0.3 is 19.7 Å². The van der Waals surface area contributed by atoms with Gasteiger partial charge in [-0.25, -0.2) is 0 Å². The standard InChI is InChI=1S/C26H27N3O4/c1-32-21-11-9-20(10-12-21)25(30)28-24(19-6-3-2-4-7-19)26(31)29-16-13-22(14-17-29)33-23-8-5-15-27-18-23/h2-12,15,18,22,24H,13-14,16-17H2,1H3,(H,28,30)/t24-/m1/s1. The maximum absolute atomic E-state index is 13.5. The van der Waals surface area contributed by atoms with Crippen molar-refractivity contribution in [3.8, 4) is 11.5 Å². The first-order chi connectivity index (χ1) is 16.1. The van der Waals surface area contributed by atoms with Gasteiger partial charge in [-0.05, 0) is 42.0 Å². The molecule has 1 atom stereocenters. The third-order valence-electron chi connectivity index (χ3n) is 5.70. The van der Waals surface area contributed by atoms with E-state index in [1.54, 1.807) is 48.7 Å². The summed E-state index contributed by atoms with van der Waals surface area (Å²) < 4.78 is 11.1. The summed E-state index contributed by atoms with van der Waals surface area (Å²) in [5.74, 6) is 0.965. The zero-order chi connectivity index (χ0) is 23.0. The Hall–Kier alpha value is -3.87. The number of aromatic nitrogens is 1.